The second kappa shape index (κ2) is 12.5. The summed E-state index contributed by atoms with van der Waals surface area (Å²) >= 11 is 3.78. The van der Waals surface area contributed by atoms with Gasteiger partial charge >= 0.3 is 0 Å². The second-order valence-electron chi connectivity index (χ2n) is 14.5. The van der Waals surface area contributed by atoms with Crippen LogP contribution in [0.5, 0.6) is 0 Å². The maximum absolute atomic E-state index is 2.57. The van der Waals surface area contributed by atoms with Crippen LogP contribution in [0.15, 0.2) is 204 Å². The van der Waals surface area contributed by atoms with E-state index < -0.39 is 0 Å². The lowest BCUT2D eigenvalue weighted by Crippen LogP contribution is -2.60. The highest BCUT2D eigenvalue weighted by atomic mass is 32.2. The van der Waals surface area contributed by atoms with Crippen LogP contribution < -0.4 is 30.4 Å². The molecule has 0 saturated carbocycles. The van der Waals surface area contributed by atoms with Gasteiger partial charge in [0.15, 0.2) is 0 Å². The molecule has 4 heterocycles. The molecule has 56 heavy (non-hydrogen) atoms. The van der Waals surface area contributed by atoms with E-state index in [1.165, 1.54) is 86.5 Å². The number of benzene rings is 8. The Morgan fingerprint density at radius 1 is 0.411 bits per heavy atom. The van der Waals surface area contributed by atoms with Crippen molar-refractivity contribution in [2.45, 2.75) is 9.79 Å². The van der Waals surface area contributed by atoms with E-state index in [2.05, 4.69) is 209 Å². The van der Waals surface area contributed by atoms with Gasteiger partial charge in [0.05, 0.1) is 22.7 Å². The highest BCUT2D eigenvalue weighted by Crippen LogP contribution is 2.53. The molecule has 262 valence electrons. The lowest BCUT2D eigenvalue weighted by Gasteiger charge is -2.44. The molecular formula is C50H32BN3S2. The van der Waals surface area contributed by atoms with Crippen LogP contribution in [0.4, 0.5) is 51.2 Å². The van der Waals surface area contributed by atoms with Crippen molar-refractivity contribution >= 4 is 107 Å². The van der Waals surface area contributed by atoms with E-state index in [9.17, 15) is 0 Å². The van der Waals surface area contributed by atoms with Gasteiger partial charge < -0.3 is 14.7 Å². The highest BCUT2D eigenvalue weighted by molar-refractivity contribution is 7.99. The summed E-state index contributed by atoms with van der Waals surface area (Å²) in [6.45, 7) is 0.0502. The number of anilines is 9. The molecule has 0 fully saturated rings. The molecule has 3 aliphatic rings. The van der Waals surface area contributed by atoms with E-state index in [0.717, 1.165) is 11.4 Å². The van der Waals surface area contributed by atoms with Crippen molar-refractivity contribution in [3.63, 3.8) is 0 Å². The number of thiophene rings is 1. The Morgan fingerprint density at radius 2 is 1.02 bits per heavy atom. The van der Waals surface area contributed by atoms with Gasteiger partial charge in [-0.1, -0.05) is 133 Å². The van der Waals surface area contributed by atoms with Gasteiger partial charge in [-0.05, 0) is 89.3 Å². The van der Waals surface area contributed by atoms with Crippen LogP contribution in [0.3, 0.4) is 0 Å². The van der Waals surface area contributed by atoms with Crippen LogP contribution in [0.25, 0.3) is 21.2 Å². The SMILES string of the molecule is c1ccc(-c2ccccc2N2c3cccc4c3B(c3ccc5cc3N4c3ccccc3Sc3ccccc3N5c3ccccc3)c3sc4ccccc4c32)cc1. The number of para-hydroxylation sites is 4. The van der Waals surface area contributed by atoms with Crippen LogP contribution in [-0.4, -0.2) is 6.71 Å². The fourth-order valence-electron chi connectivity index (χ4n) is 9.11. The van der Waals surface area contributed by atoms with E-state index in [1.54, 1.807) is 0 Å². The third-order valence-corrected chi connectivity index (χ3v) is 13.8. The van der Waals surface area contributed by atoms with Gasteiger partial charge in [-0.25, -0.2) is 0 Å². The smallest absolute Gasteiger partial charge is 0.264 e. The number of rotatable bonds is 3. The van der Waals surface area contributed by atoms with Gasteiger partial charge in [0.25, 0.3) is 6.71 Å². The largest absolute Gasteiger partial charge is 0.310 e. The van der Waals surface area contributed by atoms with Gasteiger partial charge in [0, 0.05) is 58.7 Å². The maximum atomic E-state index is 2.57. The standard InChI is InChI=1S/C50H32BN3S2/c1-3-16-33(17-4-1)36-20-7-9-22-39(36)54-43-26-15-25-42-48(43)51(50-49(54)37-21-8-12-27-45(37)56-50)38-31-30-35-32-44(38)53(42)41-24-11-14-29-47(41)55-46-28-13-10-23-40(46)52(35)34-18-5-2-6-19-34/h1-32H. The summed E-state index contributed by atoms with van der Waals surface area (Å²) in [5, 5.41) is 1.29. The van der Waals surface area contributed by atoms with E-state index in [0.29, 0.717) is 0 Å². The summed E-state index contributed by atoms with van der Waals surface area (Å²) in [6, 6.07) is 71.4. The van der Waals surface area contributed by atoms with Gasteiger partial charge in [0.1, 0.15) is 0 Å². The molecule has 8 aromatic carbocycles. The average molecular weight is 750 g/mol. The minimum Gasteiger partial charge on any atom is -0.310 e. The zero-order valence-electron chi connectivity index (χ0n) is 30.2. The van der Waals surface area contributed by atoms with Crippen molar-refractivity contribution in [1.29, 1.82) is 0 Å². The molecule has 9 aromatic rings. The molecule has 0 saturated heterocycles. The highest BCUT2D eigenvalue weighted by Gasteiger charge is 2.46. The Morgan fingerprint density at radius 3 is 1.80 bits per heavy atom. The van der Waals surface area contributed by atoms with Gasteiger partial charge in [0.2, 0.25) is 0 Å². The van der Waals surface area contributed by atoms with E-state index >= 15 is 0 Å². The first kappa shape index (κ1) is 31.8. The summed E-state index contributed by atoms with van der Waals surface area (Å²) in [5.74, 6) is 0. The molecule has 0 radical (unpaired) electrons. The Hall–Kier alpha value is -6.47. The lowest BCUT2D eigenvalue weighted by atomic mass is 9.36. The summed E-state index contributed by atoms with van der Waals surface area (Å²) in [5.41, 5.74) is 15.8. The summed E-state index contributed by atoms with van der Waals surface area (Å²) < 4.78 is 2.68. The normalized spacial score (nSPS) is 13.5. The summed E-state index contributed by atoms with van der Waals surface area (Å²) in [4.78, 5) is 9.97. The minimum absolute atomic E-state index is 0.0502. The molecule has 0 amide bonds. The monoisotopic (exact) mass is 749 g/mol. The van der Waals surface area contributed by atoms with Gasteiger partial charge in [-0.15, -0.1) is 11.3 Å². The third-order valence-electron chi connectivity index (χ3n) is 11.4. The zero-order chi connectivity index (χ0) is 36.7. The van der Waals surface area contributed by atoms with E-state index in [4.69, 9.17) is 0 Å². The van der Waals surface area contributed by atoms with Crippen LogP contribution in [0.2, 0.25) is 0 Å². The molecule has 6 heteroatoms. The van der Waals surface area contributed by atoms with Crippen LogP contribution in [-0.2, 0) is 0 Å². The lowest BCUT2D eigenvalue weighted by molar-refractivity contribution is 1.19. The van der Waals surface area contributed by atoms with Crippen molar-refractivity contribution in [3.8, 4) is 11.1 Å². The molecule has 1 aromatic heterocycles. The molecule has 0 atom stereocenters. The quantitative estimate of drug-likeness (QED) is 0.166. The first-order valence-corrected chi connectivity index (χ1v) is 20.7. The Kier molecular flexibility index (Phi) is 7.13. The first-order valence-electron chi connectivity index (χ1n) is 19.1. The van der Waals surface area contributed by atoms with Crippen LogP contribution in [0, 0.1) is 0 Å². The molecule has 0 aliphatic carbocycles. The Labute approximate surface area is 334 Å². The molecule has 0 unspecified atom stereocenters. The predicted octanol–water partition coefficient (Wildman–Crippen LogP) is 12.6. The van der Waals surface area contributed by atoms with Gasteiger partial charge in [-0.2, -0.15) is 0 Å². The van der Waals surface area contributed by atoms with Crippen molar-refractivity contribution in [3.05, 3.63) is 194 Å². The Bertz CT molecular complexity index is 3000. The summed E-state index contributed by atoms with van der Waals surface area (Å²) in [6.07, 6.45) is 0. The maximum Gasteiger partial charge on any atom is 0.264 e. The van der Waals surface area contributed by atoms with Crippen molar-refractivity contribution in [2.24, 2.45) is 0 Å². The fraction of sp³-hybridized carbons (Fsp3) is 0. The van der Waals surface area contributed by atoms with E-state index in [1.807, 2.05) is 23.1 Å². The Balaban J connectivity index is 1.18. The predicted molar refractivity (Wildman–Crippen MR) is 240 cm³/mol. The zero-order valence-corrected chi connectivity index (χ0v) is 31.8. The number of hydrogen-bond acceptors (Lipinski definition) is 5. The van der Waals surface area contributed by atoms with Crippen molar-refractivity contribution < 1.29 is 0 Å². The van der Waals surface area contributed by atoms with E-state index in [-0.39, 0.29) is 6.71 Å². The topological polar surface area (TPSA) is 9.72 Å². The number of hydrogen-bond donors (Lipinski definition) is 0. The molecule has 3 nitrogen and oxygen atoms in total. The minimum atomic E-state index is 0.0502. The number of fused-ring (bicyclic) bond motifs is 10. The molecule has 0 spiro atoms. The third kappa shape index (κ3) is 4.67. The number of nitrogens with zero attached hydrogens (tertiary/aromatic N) is 3. The molecule has 2 bridgehead atoms. The summed E-state index contributed by atoms with van der Waals surface area (Å²) in [7, 11) is 0. The van der Waals surface area contributed by atoms with Gasteiger partial charge in [-0.3, -0.25) is 0 Å². The van der Waals surface area contributed by atoms with Crippen LogP contribution >= 0.6 is 23.1 Å². The molecule has 0 N–H and O–H groups in total. The fourth-order valence-corrected chi connectivity index (χ4v) is 11.5. The second-order valence-corrected chi connectivity index (χ2v) is 16.6. The molecule has 3 aliphatic heterocycles. The van der Waals surface area contributed by atoms with Crippen molar-refractivity contribution in [2.75, 3.05) is 14.7 Å². The first-order chi connectivity index (χ1) is 27.8. The molecule has 12 rings (SSSR count). The molecular weight excluding hydrogens is 718 g/mol. The average Bonchev–Trinajstić information content (AvgIpc) is 3.64. The van der Waals surface area contributed by atoms with Crippen LogP contribution in [0.1, 0.15) is 0 Å². The van der Waals surface area contributed by atoms with Crippen molar-refractivity contribution in [1.82, 2.24) is 0 Å².